The molecule has 0 aliphatic carbocycles. The van der Waals surface area contributed by atoms with Gasteiger partial charge in [0.1, 0.15) is 10.6 Å². The van der Waals surface area contributed by atoms with Crippen molar-refractivity contribution in [3.8, 4) is 5.75 Å². The Morgan fingerprint density at radius 2 is 1.95 bits per heavy atom. The van der Waals surface area contributed by atoms with Crippen molar-refractivity contribution in [2.75, 3.05) is 33.3 Å². The smallest absolute Gasteiger partial charge is 0.293 e. The van der Waals surface area contributed by atoms with Crippen molar-refractivity contribution in [2.45, 2.75) is 24.7 Å². The van der Waals surface area contributed by atoms with E-state index in [1.165, 1.54) is 22.5 Å². The van der Waals surface area contributed by atoms with Crippen LogP contribution < -0.4 is 10.1 Å². The molecule has 1 atom stereocenters. The van der Waals surface area contributed by atoms with Gasteiger partial charge in [0.2, 0.25) is 10.0 Å². The Hall–Kier alpha value is -2.86. The van der Waals surface area contributed by atoms with Gasteiger partial charge in [0.25, 0.3) is 17.1 Å². The van der Waals surface area contributed by atoms with Crippen molar-refractivity contribution >= 4 is 56.5 Å². The van der Waals surface area contributed by atoms with Crippen molar-refractivity contribution in [2.24, 2.45) is 5.92 Å². The number of benzene rings is 2. The monoisotopic (exact) mass is 577 g/mol. The van der Waals surface area contributed by atoms with Gasteiger partial charge < -0.3 is 10.1 Å². The first-order chi connectivity index (χ1) is 18.1. The van der Waals surface area contributed by atoms with Crippen LogP contribution in [-0.4, -0.2) is 68.0 Å². The van der Waals surface area contributed by atoms with Gasteiger partial charge in [-0.15, -0.1) is 0 Å². The molecule has 12 heteroatoms. The molecule has 1 N–H and O–H groups in total. The highest BCUT2D eigenvalue weighted by Gasteiger charge is 2.35. The second kappa shape index (κ2) is 11.9. The van der Waals surface area contributed by atoms with E-state index < -0.39 is 27.1 Å². The Kier molecular flexibility index (Phi) is 8.81. The number of piperidine rings is 1. The van der Waals surface area contributed by atoms with Crippen molar-refractivity contribution in [1.82, 2.24) is 14.5 Å². The molecule has 0 aromatic heterocycles. The zero-order chi connectivity index (χ0) is 27.4. The number of sulfonamides is 1. The minimum Gasteiger partial charge on any atom is -0.497 e. The lowest BCUT2D eigenvalue weighted by Crippen LogP contribution is -2.39. The number of rotatable bonds is 8. The normalized spacial score (nSPS) is 19.7. The highest BCUT2D eigenvalue weighted by atomic mass is 35.5. The number of methoxy groups -OCH3 is 1. The number of amides is 3. The van der Waals surface area contributed by atoms with E-state index in [9.17, 15) is 22.8 Å². The fraction of sp³-hybridized carbons (Fsp3) is 0.346. The van der Waals surface area contributed by atoms with E-state index in [1.54, 1.807) is 37.5 Å². The van der Waals surface area contributed by atoms with Gasteiger partial charge in [-0.25, -0.2) is 8.42 Å². The van der Waals surface area contributed by atoms with Crippen LogP contribution in [0, 0.1) is 5.92 Å². The quantitative estimate of drug-likeness (QED) is 0.467. The molecule has 9 nitrogen and oxygen atoms in total. The molecule has 0 bridgehead atoms. The molecule has 0 saturated carbocycles. The van der Waals surface area contributed by atoms with Crippen molar-refractivity contribution in [3.05, 3.63) is 63.5 Å². The van der Waals surface area contributed by atoms with Crippen LogP contribution in [0.3, 0.4) is 0 Å². The highest BCUT2D eigenvalue weighted by molar-refractivity contribution is 8.18. The summed E-state index contributed by atoms with van der Waals surface area (Å²) in [4.78, 5) is 39.2. The SMILES string of the molecule is COc1ccc(/C=C2\SC(=O)N(CCNC(=O)c3ccc(Cl)c(S(=O)(=O)N4CCCC(C)C4)c3)C2=O)cc1. The van der Waals surface area contributed by atoms with Gasteiger partial charge in [-0.3, -0.25) is 19.3 Å². The zero-order valence-electron chi connectivity index (χ0n) is 21.0. The number of carbonyl (C=O) groups is 3. The molecular formula is C26H28ClN3O6S2. The third-order valence-electron chi connectivity index (χ3n) is 6.34. The summed E-state index contributed by atoms with van der Waals surface area (Å²) in [6.07, 6.45) is 3.35. The summed E-state index contributed by atoms with van der Waals surface area (Å²) in [5.41, 5.74) is 0.865. The van der Waals surface area contributed by atoms with Gasteiger partial charge in [0.05, 0.1) is 17.0 Å². The van der Waals surface area contributed by atoms with Crippen LogP contribution in [0.25, 0.3) is 6.08 Å². The first-order valence-electron chi connectivity index (χ1n) is 12.1. The standard InChI is InChI=1S/C26H28ClN3O6S2/c1-17-4-3-12-29(16-17)38(34,35)23-15-19(7-10-21(23)27)24(31)28-11-13-30-25(32)22(37-26(30)33)14-18-5-8-20(36-2)9-6-18/h5-10,14-15,17H,3-4,11-13,16H2,1-2H3,(H,28,31)/b22-14-. The Bertz CT molecular complexity index is 1380. The lowest BCUT2D eigenvalue weighted by atomic mass is 10.0. The lowest BCUT2D eigenvalue weighted by Gasteiger charge is -2.30. The molecule has 2 aromatic rings. The molecule has 2 fully saturated rings. The summed E-state index contributed by atoms with van der Waals surface area (Å²) in [5, 5.41) is 2.26. The van der Waals surface area contributed by atoms with E-state index in [0.29, 0.717) is 18.8 Å². The largest absolute Gasteiger partial charge is 0.497 e. The summed E-state index contributed by atoms with van der Waals surface area (Å²) in [6.45, 7) is 2.78. The maximum atomic E-state index is 13.2. The van der Waals surface area contributed by atoms with Crippen LogP contribution >= 0.6 is 23.4 Å². The number of nitrogens with one attached hydrogen (secondary N) is 1. The van der Waals surface area contributed by atoms with E-state index in [1.807, 2.05) is 6.92 Å². The maximum absolute atomic E-state index is 13.2. The summed E-state index contributed by atoms with van der Waals surface area (Å²) in [5.74, 6) is -0.0615. The summed E-state index contributed by atoms with van der Waals surface area (Å²) >= 11 is 7.05. The van der Waals surface area contributed by atoms with Gasteiger partial charge >= 0.3 is 0 Å². The molecule has 1 unspecified atom stereocenters. The van der Waals surface area contributed by atoms with Gasteiger partial charge in [0, 0.05) is 31.7 Å². The Morgan fingerprint density at radius 1 is 1.21 bits per heavy atom. The second-order valence-corrected chi connectivity index (χ2v) is 12.4. The average molecular weight is 578 g/mol. The Labute approximate surface area is 231 Å². The molecule has 202 valence electrons. The van der Waals surface area contributed by atoms with Crippen molar-refractivity contribution in [1.29, 1.82) is 0 Å². The van der Waals surface area contributed by atoms with Crippen LogP contribution in [0.4, 0.5) is 4.79 Å². The molecule has 2 saturated heterocycles. The fourth-order valence-electron chi connectivity index (χ4n) is 4.27. The van der Waals surface area contributed by atoms with Gasteiger partial charge in [-0.05, 0) is 72.5 Å². The number of nitrogens with zero attached hydrogens (tertiary/aromatic N) is 2. The van der Waals surface area contributed by atoms with Crippen molar-refractivity contribution in [3.63, 3.8) is 0 Å². The zero-order valence-corrected chi connectivity index (χ0v) is 23.4. The molecule has 0 spiro atoms. The van der Waals surface area contributed by atoms with Crippen LogP contribution in [-0.2, 0) is 14.8 Å². The number of halogens is 1. The van der Waals surface area contributed by atoms with E-state index in [-0.39, 0.29) is 39.4 Å². The average Bonchev–Trinajstić information content (AvgIpc) is 3.16. The summed E-state index contributed by atoms with van der Waals surface area (Å²) in [7, 11) is -2.30. The predicted octanol–water partition coefficient (Wildman–Crippen LogP) is 4.24. The first kappa shape index (κ1) is 28.2. The lowest BCUT2D eigenvalue weighted by molar-refractivity contribution is -0.122. The van der Waals surface area contributed by atoms with Crippen LogP contribution in [0.2, 0.25) is 5.02 Å². The van der Waals surface area contributed by atoms with Crippen LogP contribution in [0.15, 0.2) is 52.3 Å². The van der Waals surface area contributed by atoms with Gasteiger partial charge in [0.15, 0.2) is 0 Å². The Morgan fingerprint density at radius 3 is 2.63 bits per heavy atom. The molecule has 2 heterocycles. The number of thioether (sulfide) groups is 1. The summed E-state index contributed by atoms with van der Waals surface area (Å²) in [6, 6.07) is 11.2. The number of ether oxygens (including phenoxy) is 1. The maximum Gasteiger partial charge on any atom is 0.293 e. The number of hydrogen-bond donors (Lipinski definition) is 1. The van der Waals surface area contributed by atoms with Gasteiger partial charge in [-0.1, -0.05) is 30.7 Å². The molecular weight excluding hydrogens is 550 g/mol. The highest BCUT2D eigenvalue weighted by Crippen LogP contribution is 2.32. The number of imide groups is 1. The van der Waals surface area contributed by atoms with Crippen LogP contribution in [0.5, 0.6) is 5.75 Å². The number of hydrogen-bond acceptors (Lipinski definition) is 7. The molecule has 38 heavy (non-hydrogen) atoms. The number of carbonyl (C=O) groups excluding carboxylic acids is 3. The predicted molar refractivity (Wildman–Crippen MR) is 147 cm³/mol. The van der Waals surface area contributed by atoms with E-state index in [4.69, 9.17) is 16.3 Å². The minimum absolute atomic E-state index is 0.00103. The molecule has 2 aliphatic heterocycles. The minimum atomic E-state index is -3.86. The molecule has 3 amide bonds. The topological polar surface area (TPSA) is 113 Å². The molecule has 0 radical (unpaired) electrons. The van der Waals surface area contributed by atoms with E-state index in [0.717, 1.165) is 35.1 Å². The molecule has 2 aliphatic rings. The van der Waals surface area contributed by atoms with Crippen LogP contribution in [0.1, 0.15) is 35.7 Å². The third-order valence-corrected chi connectivity index (χ3v) is 9.59. The Balaban J connectivity index is 1.39. The van der Waals surface area contributed by atoms with Crippen molar-refractivity contribution < 1.29 is 27.5 Å². The third kappa shape index (κ3) is 6.23. The molecule has 4 rings (SSSR count). The second-order valence-electron chi connectivity index (χ2n) is 9.12. The summed E-state index contributed by atoms with van der Waals surface area (Å²) < 4.78 is 32.9. The first-order valence-corrected chi connectivity index (χ1v) is 14.7. The van der Waals surface area contributed by atoms with E-state index >= 15 is 0 Å². The van der Waals surface area contributed by atoms with E-state index in [2.05, 4.69) is 5.32 Å². The molecule has 2 aromatic carbocycles. The van der Waals surface area contributed by atoms with Gasteiger partial charge in [-0.2, -0.15) is 4.31 Å². The fourth-order valence-corrected chi connectivity index (χ4v) is 7.24.